The molecule has 0 bridgehead atoms. The number of hydrogen-bond acceptors (Lipinski definition) is 7. The molecule has 3 heterocycles. The number of rotatable bonds is 4. The van der Waals surface area contributed by atoms with Crippen LogP contribution in [0, 0.1) is 0 Å². The summed E-state index contributed by atoms with van der Waals surface area (Å²) < 4.78 is 18.1. The molecule has 3 aromatic rings. The van der Waals surface area contributed by atoms with E-state index in [4.69, 9.17) is 14.2 Å². The quantitative estimate of drug-likeness (QED) is 0.529. The number of aliphatic hydroxyl groups excluding tert-OH is 1. The summed E-state index contributed by atoms with van der Waals surface area (Å²) in [4.78, 5) is 40.7. The van der Waals surface area contributed by atoms with Crippen LogP contribution in [-0.2, 0) is 14.2 Å². The average molecular weight is 501 g/mol. The minimum absolute atomic E-state index is 0.0772. The molecule has 188 valence electrons. The molecular formula is C28H24N2O7. The Morgan fingerprint density at radius 1 is 0.838 bits per heavy atom. The van der Waals surface area contributed by atoms with E-state index < -0.39 is 54.6 Å². The molecule has 1 unspecified atom stereocenters. The van der Waals surface area contributed by atoms with E-state index >= 15 is 0 Å². The molecule has 0 aromatic heterocycles. The van der Waals surface area contributed by atoms with Crippen LogP contribution in [0.15, 0.2) is 84.9 Å². The van der Waals surface area contributed by atoms with Gasteiger partial charge in [-0.3, -0.25) is 19.3 Å². The number of carbonyl (C=O) groups excluding carboxylic acids is 3. The molecule has 3 aliphatic rings. The number of nitrogens with zero attached hydrogens (tertiary/aromatic N) is 1. The molecule has 6 rings (SSSR count). The number of aliphatic hydroxyl groups is 1. The molecule has 3 aliphatic heterocycles. The minimum Gasteiger partial charge on any atom is -0.388 e. The van der Waals surface area contributed by atoms with Crippen molar-refractivity contribution >= 4 is 17.7 Å². The monoisotopic (exact) mass is 500 g/mol. The molecule has 0 saturated carbocycles. The van der Waals surface area contributed by atoms with Gasteiger partial charge in [-0.2, -0.15) is 0 Å². The van der Waals surface area contributed by atoms with E-state index in [1.165, 1.54) is 0 Å². The zero-order valence-electron chi connectivity index (χ0n) is 19.6. The van der Waals surface area contributed by atoms with Gasteiger partial charge in [-0.25, -0.2) is 0 Å². The standard InChI is InChI=1S/C28H24N2O7/c31-22-21(30-26(33)18-13-7-8-14-19(18)27(30)34)25(29-24(32)16-9-3-1-4-10-16)36-20-15-35-28(37-23(20)22)17-11-5-2-6-12-17/h1-14,20-23,25,28,31H,15H2,(H,29,32)/t20-,21-,22-,23-,25-,28?/m1/s1. The van der Waals surface area contributed by atoms with Crippen molar-refractivity contribution in [3.63, 3.8) is 0 Å². The lowest BCUT2D eigenvalue weighted by molar-refractivity contribution is -0.320. The van der Waals surface area contributed by atoms with Crippen molar-refractivity contribution in [2.75, 3.05) is 6.61 Å². The third kappa shape index (κ3) is 4.11. The normalized spacial score (nSPS) is 28.9. The predicted molar refractivity (Wildman–Crippen MR) is 129 cm³/mol. The summed E-state index contributed by atoms with van der Waals surface area (Å²) in [5, 5.41) is 14.4. The van der Waals surface area contributed by atoms with E-state index in [2.05, 4.69) is 5.32 Å². The van der Waals surface area contributed by atoms with Gasteiger partial charge in [0.1, 0.15) is 24.4 Å². The molecule has 9 nitrogen and oxygen atoms in total. The molecule has 2 saturated heterocycles. The van der Waals surface area contributed by atoms with E-state index in [1.807, 2.05) is 30.3 Å². The Bertz CT molecular complexity index is 1300. The lowest BCUT2D eigenvalue weighted by Gasteiger charge is -2.49. The van der Waals surface area contributed by atoms with Crippen LogP contribution in [-0.4, -0.2) is 64.9 Å². The van der Waals surface area contributed by atoms with Crippen molar-refractivity contribution < 1.29 is 33.7 Å². The molecule has 0 spiro atoms. The number of amides is 3. The van der Waals surface area contributed by atoms with Crippen LogP contribution in [0.2, 0.25) is 0 Å². The maximum atomic E-state index is 13.4. The number of carbonyl (C=O) groups is 3. The second kappa shape index (κ2) is 9.53. The molecule has 3 amide bonds. The summed E-state index contributed by atoms with van der Waals surface area (Å²) in [6.45, 7) is 0.0772. The molecule has 37 heavy (non-hydrogen) atoms. The number of ether oxygens (including phenoxy) is 3. The van der Waals surface area contributed by atoms with Crippen molar-refractivity contribution in [1.82, 2.24) is 10.2 Å². The van der Waals surface area contributed by atoms with E-state index in [0.29, 0.717) is 5.56 Å². The van der Waals surface area contributed by atoms with Gasteiger partial charge in [0.2, 0.25) is 0 Å². The molecule has 2 N–H and O–H groups in total. The minimum atomic E-state index is -1.36. The zero-order chi connectivity index (χ0) is 25.5. The highest BCUT2D eigenvalue weighted by molar-refractivity contribution is 6.21. The largest absolute Gasteiger partial charge is 0.388 e. The molecule has 6 atom stereocenters. The van der Waals surface area contributed by atoms with Crippen molar-refractivity contribution in [1.29, 1.82) is 0 Å². The summed E-state index contributed by atoms with van der Waals surface area (Å²) in [5.74, 6) is -1.62. The van der Waals surface area contributed by atoms with Crippen LogP contribution >= 0.6 is 0 Å². The van der Waals surface area contributed by atoms with Gasteiger partial charge in [-0.05, 0) is 24.3 Å². The topological polar surface area (TPSA) is 114 Å². The van der Waals surface area contributed by atoms with E-state index in [9.17, 15) is 19.5 Å². The van der Waals surface area contributed by atoms with Gasteiger partial charge in [0.25, 0.3) is 17.7 Å². The Kier molecular flexibility index (Phi) is 6.05. The Morgan fingerprint density at radius 2 is 1.43 bits per heavy atom. The first-order chi connectivity index (χ1) is 18.0. The van der Waals surface area contributed by atoms with Crippen LogP contribution < -0.4 is 5.32 Å². The van der Waals surface area contributed by atoms with Crippen LogP contribution in [0.4, 0.5) is 0 Å². The lowest BCUT2D eigenvalue weighted by Crippen LogP contribution is -2.70. The highest BCUT2D eigenvalue weighted by atomic mass is 16.7. The summed E-state index contributed by atoms with van der Waals surface area (Å²) in [6, 6.07) is 22.9. The highest BCUT2D eigenvalue weighted by Crippen LogP contribution is 2.37. The van der Waals surface area contributed by atoms with Gasteiger partial charge in [0.15, 0.2) is 12.5 Å². The SMILES string of the molecule is O=C(N[C@@H]1O[C@@H]2COC(c3ccccc3)O[C@H]2[C@H](O)[C@H]1N1C(=O)c2ccccc2C1=O)c1ccccc1. The Labute approximate surface area is 212 Å². The Balaban J connectivity index is 1.33. The fraction of sp³-hybridized carbons (Fsp3) is 0.250. The van der Waals surface area contributed by atoms with Crippen molar-refractivity contribution in [2.24, 2.45) is 0 Å². The summed E-state index contributed by atoms with van der Waals surface area (Å²) in [5.41, 5.74) is 1.57. The smallest absolute Gasteiger partial charge is 0.262 e. The second-order valence-corrected chi connectivity index (χ2v) is 9.12. The van der Waals surface area contributed by atoms with Gasteiger partial charge in [0.05, 0.1) is 17.7 Å². The van der Waals surface area contributed by atoms with Gasteiger partial charge >= 0.3 is 0 Å². The van der Waals surface area contributed by atoms with Gasteiger partial charge in [0, 0.05) is 11.1 Å². The number of fused-ring (bicyclic) bond motifs is 2. The number of benzene rings is 3. The predicted octanol–water partition coefficient (Wildman–Crippen LogP) is 2.28. The van der Waals surface area contributed by atoms with Crippen molar-refractivity contribution in [3.8, 4) is 0 Å². The fourth-order valence-electron chi connectivity index (χ4n) is 5.08. The van der Waals surface area contributed by atoms with E-state index in [1.54, 1.807) is 54.6 Å². The van der Waals surface area contributed by atoms with Crippen LogP contribution in [0.25, 0.3) is 0 Å². The maximum Gasteiger partial charge on any atom is 0.262 e. The fourth-order valence-corrected chi connectivity index (χ4v) is 5.08. The van der Waals surface area contributed by atoms with Crippen molar-refractivity contribution in [2.45, 2.75) is 36.9 Å². The summed E-state index contributed by atoms with van der Waals surface area (Å²) >= 11 is 0. The first kappa shape index (κ1) is 23.5. The maximum absolute atomic E-state index is 13.4. The molecule has 0 radical (unpaired) electrons. The second-order valence-electron chi connectivity index (χ2n) is 9.12. The molecular weight excluding hydrogens is 476 g/mol. The summed E-state index contributed by atoms with van der Waals surface area (Å²) in [7, 11) is 0. The molecule has 0 aliphatic carbocycles. The summed E-state index contributed by atoms with van der Waals surface area (Å²) in [6.07, 6.45) is -5.00. The van der Waals surface area contributed by atoms with Crippen LogP contribution in [0.3, 0.4) is 0 Å². The highest BCUT2D eigenvalue weighted by Gasteiger charge is 2.55. The Hall–Kier alpha value is -3.89. The average Bonchev–Trinajstić information content (AvgIpc) is 3.19. The third-order valence-corrected chi connectivity index (χ3v) is 6.88. The third-order valence-electron chi connectivity index (χ3n) is 6.88. The van der Waals surface area contributed by atoms with Crippen LogP contribution in [0.5, 0.6) is 0 Å². The zero-order valence-corrected chi connectivity index (χ0v) is 19.6. The molecule has 9 heteroatoms. The van der Waals surface area contributed by atoms with E-state index in [-0.39, 0.29) is 17.7 Å². The van der Waals surface area contributed by atoms with Gasteiger partial charge in [-0.1, -0.05) is 60.7 Å². The number of hydrogen-bond donors (Lipinski definition) is 2. The van der Waals surface area contributed by atoms with Crippen LogP contribution in [0.1, 0.15) is 42.9 Å². The molecule has 3 aromatic carbocycles. The number of imide groups is 1. The van der Waals surface area contributed by atoms with Crippen molar-refractivity contribution in [3.05, 3.63) is 107 Å². The first-order valence-corrected chi connectivity index (χ1v) is 12.0. The Morgan fingerprint density at radius 3 is 2.08 bits per heavy atom. The lowest BCUT2D eigenvalue weighted by atomic mass is 9.93. The van der Waals surface area contributed by atoms with E-state index in [0.717, 1.165) is 10.5 Å². The van der Waals surface area contributed by atoms with Gasteiger partial charge in [-0.15, -0.1) is 0 Å². The van der Waals surface area contributed by atoms with Gasteiger partial charge < -0.3 is 24.6 Å². The molecule has 2 fully saturated rings. The first-order valence-electron chi connectivity index (χ1n) is 12.0. The number of nitrogens with one attached hydrogen (secondary N) is 1.